The Morgan fingerprint density at radius 1 is 1.00 bits per heavy atom. The van der Waals surface area contributed by atoms with Gasteiger partial charge in [0.2, 0.25) is 0 Å². The Labute approximate surface area is 157 Å². The van der Waals surface area contributed by atoms with Crippen molar-refractivity contribution in [1.29, 1.82) is 0 Å². The lowest BCUT2D eigenvalue weighted by atomic mass is 9.90. The zero-order chi connectivity index (χ0) is 18.8. The molecule has 4 heteroatoms. The lowest BCUT2D eigenvalue weighted by Crippen LogP contribution is -2.10. The van der Waals surface area contributed by atoms with Crippen molar-refractivity contribution >= 4 is 38.2 Å². The first-order valence-corrected chi connectivity index (χ1v) is 9.34. The summed E-state index contributed by atoms with van der Waals surface area (Å²) in [6, 6.07) is 13.0. The number of nitrogens with zero attached hydrogens (tertiary/aromatic N) is 4. The van der Waals surface area contributed by atoms with Crippen molar-refractivity contribution < 1.29 is 0 Å². The van der Waals surface area contributed by atoms with Crippen LogP contribution in [0.25, 0.3) is 38.2 Å². The molecular formula is C23H22N4. The molecule has 5 aromatic rings. The van der Waals surface area contributed by atoms with E-state index in [4.69, 9.17) is 4.98 Å². The molecule has 0 aliphatic carbocycles. The fourth-order valence-electron chi connectivity index (χ4n) is 4.00. The van der Waals surface area contributed by atoms with Crippen LogP contribution in [0.4, 0.5) is 0 Å². The van der Waals surface area contributed by atoms with Crippen molar-refractivity contribution in [2.45, 2.75) is 34.1 Å². The average Bonchev–Trinajstić information content (AvgIpc) is 2.96. The lowest BCUT2D eigenvalue weighted by molar-refractivity contribution is 0.406. The molecule has 0 aliphatic heterocycles. The molecule has 0 amide bonds. The molecule has 0 radical (unpaired) electrons. The van der Waals surface area contributed by atoms with Crippen molar-refractivity contribution in [3.63, 3.8) is 0 Å². The number of hydrogen-bond acceptors (Lipinski definition) is 3. The zero-order valence-electron chi connectivity index (χ0n) is 16.1. The van der Waals surface area contributed by atoms with Gasteiger partial charge in [-0.15, -0.1) is 0 Å². The average molecular weight is 354 g/mol. The zero-order valence-corrected chi connectivity index (χ0v) is 16.1. The summed E-state index contributed by atoms with van der Waals surface area (Å²) < 4.78 is 2.29. The smallest absolute Gasteiger partial charge is 0.148 e. The van der Waals surface area contributed by atoms with Gasteiger partial charge >= 0.3 is 0 Å². The van der Waals surface area contributed by atoms with Crippen LogP contribution in [0.15, 0.2) is 48.9 Å². The summed E-state index contributed by atoms with van der Waals surface area (Å²) in [5, 5.41) is 4.59. The Balaban J connectivity index is 2.01. The molecule has 0 saturated heterocycles. The Morgan fingerprint density at radius 3 is 2.48 bits per heavy atom. The molecule has 0 fully saturated rings. The lowest BCUT2D eigenvalue weighted by Gasteiger charge is -2.16. The molecule has 134 valence electrons. The molecule has 0 saturated carbocycles. The third-order valence-electron chi connectivity index (χ3n) is 5.22. The Kier molecular flexibility index (Phi) is 3.29. The minimum atomic E-state index is 0.178. The van der Waals surface area contributed by atoms with E-state index in [1.54, 1.807) is 6.33 Å². The van der Waals surface area contributed by atoms with Gasteiger partial charge in [-0.2, -0.15) is 0 Å². The van der Waals surface area contributed by atoms with E-state index < -0.39 is 0 Å². The van der Waals surface area contributed by atoms with Crippen LogP contribution in [0.1, 0.15) is 32.2 Å². The van der Waals surface area contributed by atoms with Gasteiger partial charge in [0, 0.05) is 17.3 Å². The van der Waals surface area contributed by atoms with Gasteiger partial charge < -0.3 is 0 Å². The maximum atomic E-state index is 5.04. The van der Waals surface area contributed by atoms with Crippen LogP contribution in [0.3, 0.4) is 0 Å². The topological polar surface area (TPSA) is 43.1 Å². The van der Waals surface area contributed by atoms with Crippen LogP contribution < -0.4 is 0 Å². The van der Waals surface area contributed by atoms with E-state index >= 15 is 0 Å². The van der Waals surface area contributed by atoms with E-state index in [1.807, 2.05) is 6.20 Å². The molecular weight excluding hydrogens is 332 g/mol. The second-order valence-electron chi connectivity index (χ2n) is 8.54. The molecule has 3 aromatic heterocycles. The molecule has 0 bridgehead atoms. The van der Waals surface area contributed by atoms with Crippen LogP contribution in [-0.4, -0.2) is 19.4 Å². The summed E-state index contributed by atoms with van der Waals surface area (Å²) in [6.07, 6.45) is 4.45. The Hall–Kier alpha value is -3.01. The number of benzene rings is 2. The largest absolute Gasteiger partial charge is 0.296 e. The summed E-state index contributed by atoms with van der Waals surface area (Å²) in [7, 11) is 0. The molecule has 0 unspecified atom stereocenters. The maximum Gasteiger partial charge on any atom is 0.148 e. The van der Waals surface area contributed by atoms with Crippen LogP contribution >= 0.6 is 0 Å². The number of pyridine rings is 1. The minimum Gasteiger partial charge on any atom is -0.296 e. The molecule has 3 heterocycles. The fraction of sp³-hybridized carbons (Fsp3) is 0.261. The van der Waals surface area contributed by atoms with E-state index in [0.29, 0.717) is 0 Å². The highest BCUT2D eigenvalue weighted by Gasteiger charge is 2.20. The van der Waals surface area contributed by atoms with E-state index in [-0.39, 0.29) is 5.41 Å². The predicted molar refractivity (Wildman–Crippen MR) is 111 cm³/mol. The number of imidazole rings is 1. The summed E-state index contributed by atoms with van der Waals surface area (Å²) in [5.41, 5.74) is 5.59. The van der Waals surface area contributed by atoms with Crippen LogP contribution in [0, 0.1) is 12.3 Å². The first kappa shape index (κ1) is 16.2. The standard InChI is InChI=1S/C23H22N4/c1-14-19(11-23(2,3)4)26-22-18-12-24-13-25-21(18)17-9-15-7-5-6-8-16(15)10-20(17)27(14)22/h5-10,12-13H,11H2,1-4H3. The number of hydrogen-bond donors (Lipinski definition) is 0. The van der Waals surface area contributed by atoms with Crippen molar-refractivity contribution in [1.82, 2.24) is 19.4 Å². The van der Waals surface area contributed by atoms with E-state index in [1.165, 1.54) is 16.5 Å². The molecule has 0 aliphatic rings. The van der Waals surface area contributed by atoms with Gasteiger partial charge in [0.1, 0.15) is 12.0 Å². The summed E-state index contributed by atoms with van der Waals surface area (Å²) >= 11 is 0. The van der Waals surface area contributed by atoms with Gasteiger partial charge in [0.25, 0.3) is 0 Å². The quantitative estimate of drug-likeness (QED) is 0.296. The van der Waals surface area contributed by atoms with Crippen LogP contribution in [0.5, 0.6) is 0 Å². The van der Waals surface area contributed by atoms with Gasteiger partial charge in [-0.3, -0.25) is 4.40 Å². The van der Waals surface area contributed by atoms with Gasteiger partial charge in [-0.05, 0) is 41.7 Å². The highest BCUT2D eigenvalue weighted by atomic mass is 15.0. The first-order valence-electron chi connectivity index (χ1n) is 9.34. The maximum absolute atomic E-state index is 5.04. The summed E-state index contributed by atoms with van der Waals surface area (Å²) in [6.45, 7) is 8.93. The minimum absolute atomic E-state index is 0.178. The molecule has 27 heavy (non-hydrogen) atoms. The third kappa shape index (κ3) is 2.47. The summed E-state index contributed by atoms with van der Waals surface area (Å²) in [4.78, 5) is 13.9. The number of aryl methyl sites for hydroxylation is 1. The second-order valence-corrected chi connectivity index (χ2v) is 8.54. The van der Waals surface area contributed by atoms with Crippen LogP contribution in [0.2, 0.25) is 0 Å². The van der Waals surface area contributed by atoms with Crippen molar-refractivity contribution in [3.8, 4) is 0 Å². The number of aromatic nitrogens is 4. The van der Waals surface area contributed by atoms with Gasteiger partial charge in [0.15, 0.2) is 0 Å². The number of rotatable bonds is 1. The van der Waals surface area contributed by atoms with Crippen LogP contribution in [-0.2, 0) is 6.42 Å². The Morgan fingerprint density at radius 2 is 1.74 bits per heavy atom. The van der Waals surface area contributed by atoms with Gasteiger partial charge in [0.05, 0.1) is 22.1 Å². The van der Waals surface area contributed by atoms with Crippen molar-refractivity contribution in [2.24, 2.45) is 5.41 Å². The SMILES string of the molecule is Cc1c(CC(C)(C)C)nc2c3cncnc3c3cc4ccccc4cc3n12. The second kappa shape index (κ2) is 5.49. The Bertz CT molecular complexity index is 1340. The third-order valence-corrected chi connectivity index (χ3v) is 5.22. The highest BCUT2D eigenvalue weighted by Crippen LogP contribution is 2.33. The summed E-state index contributed by atoms with van der Waals surface area (Å²) in [5.74, 6) is 0. The monoisotopic (exact) mass is 354 g/mol. The highest BCUT2D eigenvalue weighted by molar-refractivity contribution is 6.13. The van der Waals surface area contributed by atoms with Crippen molar-refractivity contribution in [2.75, 3.05) is 0 Å². The molecule has 0 spiro atoms. The van der Waals surface area contributed by atoms with E-state index in [9.17, 15) is 0 Å². The number of fused-ring (bicyclic) bond motifs is 7. The molecule has 4 nitrogen and oxygen atoms in total. The molecule has 5 rings (SSSR count). The van der Waals surface area contributed by atoms with Crippen molar-refractivity contribution in [3.05, 3.63) is 60.3 Å². The predicted octanol–water partition coefficient (Wildman–Crippen LogP) is 5.48. The van der Waals surface area contributed by atoms with Gasteiger partial charge in [-0.25, -0.2) is 15.0 Å². The first-order chi connectivity index (χ1) is 12.9. The van der Waals surface area contributed by atoms with E-state index in [2.05, 4.69) is 78.5 Å². The fourth-order valence-corrected chi connectivity index (χ4v) is 4.00. The van der Waals surface area contributed by atoms with Gasteiger partial charge in [-0.1, -0.05) is 45.0 Å². The molecule has 0 atom stereocenters. The van der Waals surface area contributed by atoms with E-state index in [0.717, 1.165) is 39.6 Å². The molecule has 2 aromatic carbocycles. The molecule has 0 N–H and O–H groups in total. The normalized spacial score (nSPS) is 12.6.